The Bertz CT molecular complexity index is 1220. The number of aliphatic hydroxyl groups excluding tert-OH is 1. The summed E-state index contributed by atoms with van der Waals surface area (Å²) in [5.41, 5.74) is 2.75. The lowest BCUT2D eigenvalue weighted by Gasteiger charge is -2.44. The summed E-state index contributed by atoms with van der Waals surface area (Å²) in [7, 11) is -2.18. The third-order valence-corrected chi connectivity index (χ3v) is 13.8. The Morgan fingerprint density at radius 1 is 1.07 bits per heavy atom. The fraction of sp³-hybridized carbons (Fsp3) is 0.633. The predicted molar refractivity (Wildman–Crippen MR) is 159 cm³/mol. The van der Waals surface area contributed by atoms with E-state index < -0.39 is 38.5 Å². The zero-order chi connectivity index (χ0) is 30.6. The van der Waals surface area contributed by atoms with Crippen LogP contribution in [0.5, 0.6) is 0 Å². The molecule has 0 fully saturated rings. The number of benzene rings is 1. The lowest BCUT2D eigenvalue weighted by molar-refractivity contribution is -0.190. The van der Waals surface area contributed by atoms with E-state index in [9.17, 15) is 27.1 Å². The summed E-state index contributed by atoms with van der Waals surface area (Å²) in [6.45, 7) is 19.4. The van der Waals surface area contributed by atoms with Gasteiger partial charge in [-0.15, -0.1) is 0 Å². The van der Waals surface area contributed by atoms with Crippen molar-refractivity contribution in [3.63, 3.8) is 0 Å². The van der Waals surface area contributed by atoms with Gasteiger partial charge >= 0.3 is 6.18 Å². The molecule has 0 aliphatic heterocycles. The van der Waals surface area contributed by atoms with Gasteiger partial charge in [-0.3, -0.25) is 4.98 Å². The van der Waals surface area contributed by atoms with Gasteiger partial charge in [0.1, 0.15) is 12.5 Å². The lowest BCUT2D eigenvalue weighted by Crippen LogP contribution is -2.44. The van der Waals surface area contributed by atoms with Crippen LogP contribution in [-0.2, 0) is 16.8 Å². The van der Waals surface area contributed by atoms with E-state index in [4.69, 9.17) is 9.41 Å². The second kappa shape index (κ2) is 11.2. The van der Waals surface area contributed by atoms with Crippen molar-refractivity contribution in [2.75, 3.05) is 0 Å². The zero-order valence-electron chi connectivity index (χ0n) is 24.7. The number of nitrogens with zero attached hydrogens (tertiary/aromatic N) is 1. The number of fused-ring (bicyclic) bond motifs is 1. The van der Waals surface area contributed by atoms with Crippen LogP contribution in [0, 0.1) is 8.99 Å². The average Bonchev–Trinajstić information content (AvgIpc) is 2.74. The van der Waals surface area contributed by atoms with Crippen molar-refractivity contribution in [2.45, 2.75) is 116 Å². The molecule has 0 spiro atoms. The number of aromatic nitrogens is 1. The summed E-state index contributed by atoms with van der Waals surface area (Å²) in [5.74, 6) is -4.10. The number of aliphatic hydroxyl groups is 1. The minimum absolute atomic E-state index is 0.0102. The van der Waals surface area contributed by atoms with Crippen LogP contribution in [0.1, 0.15) is 113 Å². The molecule has 1 N–H and O–H groups in total. The van der Waals surface area contributed by atoms with Crippen molar-refractivity contribution in [3.8, 4) is 0 Å². The Labute approximate surface area is 249 Å². The van der Waals surface area contributed by atoms with Gasteiger partial charge in [0.05, 0.1) is 11.8 Å². The molecule has 2 aromatic rings. The van der Waals surface area contributed by atoms with Crippen molar-refractivity contribution in [2.24, 2.45) is 5.41 Å². The second-order valence-electron chi connectivity index (χ2n) is 13.7. The van der Waals surface area contributed by atoms with Gasteiger partial charge in [-0.25, -0.2) is 8.78 Å². The first-order valence-corrected chi connectivity index (χ1v) is 17.6. The van der Waals surface area contributed by atoms with Crippen LogP contribution >= 0.6 is 22.6 Å². The first-order valence-electron chi connectivity index (χ1n) is 13.6. The third kappa shape index (κ3) is 7.26. The molecule has 3 nitrogen and oxygen atoms in total. The van der Waals surface area contributed by atoms with Crippen LogP contribution in [0.3, 0.4) is 0 Å². The molecule has 10 heteroatoms. The topological polar surface area (TPSA) is 42.4 Å². The summed E-state index contributed by atoms with van der Waals surface area (Å²) in [6, 6.07) is 4.47. The number of pyridine rings is 1. The lowest BCUT2D eigenvalue weighted by atomic mass is 9.74. The minimum Gasteiger partial charge on any atom is -0.410 e. The van der Waals surface area contributed by atoms with E-state index in [0.29, 0.717) is 16.8 Å². The van der Waals surface area contributed by atoms with Crippen molar-refractivity contribution >= 4 is 30.9 Å². The smallest absolute Gasteiger partial charge is 0.395 e. The van der Waals surface area contributed by atoms with Gasteiger partial charge in [-0.2, -0.15) is 13.2 Å². The van der Waals surface area contributed by atoms with Gasteiger partial charge in [-0.1, -0.05) is 72.7 Å². The molecule has 2 atom stereocenters. The highest BCUT2D eigenvalue weighted by Gasteiger charge is 2.46. The van der Waals surface area contributed by atoms with Crippen LogP contribution in [-0.4, -0.2) is 24.6 Å². The summed E-state index contributed by atoms with van der Waals surface area (Å²) in [4.78, 5) is 5.08. The SMILES string of the molecule is CC(C)c1nc2c(c(I)c1[C@@H](O)c1ccc(C(F)(F)CC(F)(F)F)cc1)[C@@H](O[Si](C)(C)C(C)(C)C)CC(C)(C)C2. The molecule has 0 saturated carbocycles. The molecule has 40 heavy (non-hydrogen) atoms. The highest BCUT2D eigenvalue weighted by molar-refractivity contribution is 14.1. The average molecular weight is 698 g/mol. The highest BCUT2D eigenvalue weighted by Crippen LogP contribution is 2.50. The van der Waals surface area contributed by atoms with Gasteiger partial charge in [0, 0.05) is 26.0 Å². The van der Waals surface area contributed by atoms with Crippen molar-refractivity contribution in [1.82, 2.24) is 4.98 Å². The molecular formula is C30H41F5INO2Si. The van der Waals surface area contributed by atoms with E-state index in [1.165, 1.54) is 12.1 Å². The first kappa shape index (κ1) is 33.4. The molecule has 1 aromatic carbocycles. The molecule has 1 heterocycles. The van der Waals surface area contributed by atoms with E-state index >= 15 is 0 Å². The van der Waals surface area contributed by atoms with Crippen LogP contribution in [0.15, 0.2) is 24.3 Å². The molecule has 0 unspecified atom stereocenters. The third-order valence-electron chi connectivity index (χ3n) is 8.16. The Balaban J connectivity index is 2.12. The Morgan fingerprint density at radius 3 is 2.10 bits per heavy atom. The number of halogens is 6. The van der Waals surface area contributed by atoms with Crippen LogP contribution < -0.4 is 0 Å². The van der Waals surface area contributed by atoms with Gasteiger partial charge in [0.2, 0.25) is 0 Å². The number of hydrogen-bond acceptors (Lipinski definition) is 3. The highest BCUT2D eigenvalue weighted by atomic mass is 127. The van der Waals surface area contributed by atoms with Crippen molar-refractivity contribution < 1.29 is 31.5 Å². The van der Waals surface area contributed by atoms with E-state index in [0.717, 1.165) is 39.8 Å². The van der Waals surface area contributed by atoms with E-state index in [-0.39, 0.29) is 22.5 Å². The molecule has 0 bridgehead atoms. The molecule has 0 saturated heterocycles. The summed E-state index contributed by atoms with van der Waals surface area (Å²) in [6.07, 6.45) is -7.10. The quantitative estimate of drug-likeness (QED) is 0.178. The molecular weight excluding hydrogens is 656 g/mol. The van der Waals surface area contributed by atoms with E-state index in [2.05, 4.69) is 70.3 Å². The number of rotatable bonds is 7. The van der Waals surface area contributed by atoms with Crippen molar-refractivity contribution in [1.29, 1.82) is 0 Å². The van der Waals surface area contributed by atoms with Crippen LogP contribution in [0.2, 0.25) is 18.1 Å². The number of alkyl halides is 5. The standard InChI is InChI=1S/C30H41F5INO2Si/c1-17(2)25-23(26(38)18-10-12-19(13-11-18)29(31,32)16-30(33,34)35)24(36)22-20(37-25)14-28(6,7)15-21(22)39-40(8,9)27(3,4)5/h10-13,17,21,26,38H,14-16H2,1-9H3/t21-,26-/m0/s1. The molecule has 1 aliphatic rings. The van der Waals surface area contributed by atoms with Gasteiger partial charge < -0.3 is 9.53 Å². The molecule has 3 rings (SSSR count). The summed E-state index contributed by atoms with van der Waals surface area (Å²) < 4.78 is 74.3. The molecule has 0 amide bonds. The van der Waals surface area contributed by atoms with Gasteiger partial charge in [0.15, 0.2) is 8.32 Å². The van der Waals surface area contributed by atoms with Gasteiger partial charge in [-0.05, 0) is 70.5 Å². The Morgan fingerprint density at radius 2 is 1.62 bits per heavy atom. The fourth-order valence-corrected chi connectivity index (χ4v) is 7.50. The fourth-order valence-electron chi connectivity index (χ4n) is 5.00. The maximum Gasteiger partial charge on any atom is 0.395 e. The molecule has 1 aromatic heterocycles. The van der Waals surface area contributed by atoms with Crippen molar-refractivity contribution in [3.05, 3.63) is 61.5 Å². The van der Waals surface area contributed by atoms with Crippen LogP contribution in [0.25, 0.3) is 0 Å². The van der Waals surface area contributed by atoms with E-state index in [1.54, 1.807) is 0 Å². The van der Waals surface area contributed by atoms with E-state index in [1.807, 2.05) is 13.8 Å². The molecule has 1 aliphatic carbocycles. The Hall–Kier alpha value is -1.11. The molecule has 0 radical (unpaired) electrons. The second-order valence-corrected chi connectivity index (χ2v) is 19.5. The van der Waals surface area contributed by atoms with Gasteiger partial charge in [0.25, 0.3) is 5.92 Å². The minimum atomic E-state index is -5.00. The summed E-state index contributed by atoms with van der Waals surface area (Å²) in [5, 5.41) is 11.6. The largest absolute Gasteiger partial charge is 0.410 e. The summed E-state index contributed by atoms with van der Waals surface area (Å²) >= 11 is 2.25. The molecule has 224 valence electrons. The predicted octanol–water partition coefficient (Wildman–Crippen LogP) is 9.97. The zero-order valence-corrected chi connectivity index (χ0v) is 27.9. The first-order chi connectivity index (χ1) is 18.0. The van der Waals surface area contributed by atoms with Crippen LogP contribution in [0.4, 0.5) is 22.0 Å². The maximum absolute atomic E-state index is 14.3. The normalized spacial score (nSPS) is 19.1. The monoisotopic (exact) mass is 697 g/mol. The Kier molecular flexibility index (Phi) is 9.34. The number of hydrogen-bond donors (Lipinski definition) is 1. The maximum atomic E-state index is 14.3.